The van der Waals surface area contributed by atoms with Gasteiger partial charge in [0, 0.05) is 24.9 Å². The van der Waals surface area contributed by atoms with Crippen LogP contribution in [0.15, 0.2) is 24.3 Å². The van der Waals surface area contributed by atoms with E-state index in [1.807, 2.05) is 11.8 Å². The van der Waals surface area contributed by atoms with Gasteiger partial charge in [-0.15, -0.1) is 0 Å². The summed E-state index contributed by atoms with van der Waals surface area (Å²) in [5, 5.41) is 6.10. The number of carbonyl (C=O) groups is 1. The molecule has 0 bridgehead atoms. The maximum absolute atomic E-state index is 12.1. The van der Waals surface area contributed by atoms with Crippen molar-refractivity contribution in [2.45, 2.75) is 44.2 Å². The average molecular weight is 334 g/mol. The Bertz CT molecular complexity index is 526. The minimum Gasteiger partial charge on any atom is -0.374 e. The Morgan fingerprint density at radius 3 is 2.96 bits per heavy atom. The molecule has 1 aromatic rings. The molecule has 0 saturated carbocycles. The van der Waals surface area contributed by atoms with E-state index in [4.69, 9.17) is 4.74 Å². The van der Waals surface area contributed by atoms with E-state index >= 15 is 0 Å². The number of ether oxygens (including phenoxy) is 1. The zero-order valence-corrected chi connectivity index (χ0v) is 14.6. The molecule has 0 unspecified atom stereocenters. The van der Waals surface area contributed by atoms with Crippen LogP contribution in [0.1, 0.15) is 30.4 Å². The molecule has 4 nitrogen and oxygen atoms in total. The van der Waals surface area contributed by atoms with Gasteiger partial charge in [0.15, 0.2) is 0 Å². The number of carbonyl (C=O) groups excluding carboxylic acids is 1. The molecule has 3 rings (SSSR count). The lowest BCUT2D eigenvalue weighted by atomic mass is 9.90. The minimum absolute atomic E-state index is 0.0166. The maximum Gasteiger partial charge on any atom is 0.315 e. The molecule has 2 N–H and O–H groups in total. The molecule has 2 atom stereocenters. The van der Waals surface area contributed by atoms with Crippen LogP contribution in [-0.4, -0.2) is 42.3 Å². The number of benzene rings is 1. The van der Waals surface area contributed by atoms with Crippen molar-refractivity contribution in [2.75, 3.05) is 24.7 Å². The van der Waals surface area contributed by atoms with E-state index < -0.39 is 0 Å². The molecule has 5 heteroatoms. The van der Waals surface area contributed by atoms with Gasteiger partial charge < -0.3 is 15.4 Å². The van der Waals surface area contributed by atoms with Gasteiger partial charge in [0.05, 0.1) is 5.60 Å². The molecular formula is C18H26N2O2S. The Balaban J connectivity index is 1.39. The van der Waals surface area contributed by atoms with Crippen LogP contribution in [0.4, 0.5) is 4.79 Å². The summed E-state index contributed by atoms with van der Waals surface area (Å²) >= 11 is 1.96. The number of thioether (sulfide) groups is 1. The molecule has 2 saturated heterocycles. The predicted molar refractivity (Wildman–Crippen MR) is 95.1 cm³/mol. The van der Waals surface area contributed by atoms with E-state index in [0.29, 0.717) is 6.54 Å². The van der Waals surface area contributed by atoms with Crippen LogP contribution >= 0.6 is 11.8 Å². The van der Waals surface area contributed by atoms with Crippen LogP contribution in [0.2, 0.25) is 0 Å². The number of nitrogens with one attached hydrogen (secondary N) is 2. The Morgan fingerprint density at radius 2 is 2.22 bits per heavy atom. The van der Waals surface area contributed by atoms with Gasteiger partial charge in [-0.2, -0.15) is 11.8 Å². The zero-order valence-electron chi connectivity index (χ0n) is 13.8. The summed E-state index contributed by atoms with van der Waals surface area (Å²) < 4.78 is 5.99. The molecular weight excluding hydrogens is 308 g/mol. The number of amides is 2. The molecule has 23 heavy (non-hydrogen) atoms. The molecule has 1 spiro atoms. The minimum atomic E-state index is -0.0511. The fourth-order valence-electron chi connectivity index (χ4n) is 3.33. The van der Waals surface area contributed by atoms with Gasteiger partial charge in [0.25, 0.3) is 0 Å². The Kier molecular flexibility index (Phi) is 5.49. The van der Waals surface area contributed by atoms with Crippen molar-refractivity contribution >= 4 is 17.8 Å². The molecule has 2 fully saturated rings. The second-order valence-electron chi connectivity index (χ2n) is 6.66. The van der Waals surface area contributed by atoms with Crippen LogP contribution in [0.5, 0.6) is 0 Å². The van der Waals surface area contributed by atoms with Gasteiger partial charge in [-0.05, 0) is 43.9 Å². The van der Waals surface area contributed by atoms with Crippen molar-refractivity contribution in [3.8, 4) is 0 Å². The number of rotatable bonds is 4. The second-order valence-corrected chi connectivity index (χ2v) is 7.76. The third kappa shape index (κ3) is 4.64. The van der Waals surface area contributed by atoms with Crippen LogP contribution in [0.25, 0.3) is 0 Å². The molecule has 0 aliphatic carbocycles. The lowest BCUT2D eigenvalue weighted by Crippen LogP contribution is -2.51. The molecule has 126 valence electrons. The first-order valence-corrected chi connectivity index (χ1v) is 9.62. The van der Waals surface area contributed by atoms with Crippen molar-refractivity contribution in [1.82, 2.24) is 10.6 Å². The summed E-state index contributed by atoms with van der Waals surface area (Å²) in [5.41, 5.74) is 2.53. The summed E-state index contributed by atoms with van der Waals surface area (Å²) in [6.45, 7) is 3.51. The third-order valence-corrected chi connectivity index (χ3v) is 5.94. The first kappa shape index (κ1) is 16.7. The molecule has 2 aliphatic rings. The van der Waals surface area contributed by atoms with Gasteiger partial charge >= 0.3 is 6.03 Å². The van der Waals surface area contributed by atoms with Gasteiger partial charge in [-0.25, -0.2) is 4.79 Å². The molecule has 0 radical (unpaired) electrons. The Hall–Kier alpha value is -1.20. The monoisotopic (exact) mass is 334 g/mol. The van der Waals surface area contributed by atoms with Crippen molar-refractivity contribution in [1.29, 1.82) is 0 Å². The van der Waals surface area contributed by atoms with Gasteiger partial charge in [-0.3, -0.25) is 0 Å². The summed E-state index contributed by atoms with van der Waals surface area (Å²) in [4.78, 5) is 12.1. The van der Waals surface area contributed by atoms with Crippen LogP contribution < -0.4 is 10.6 Å². The maximum atomic E-state index is 12.1. The normalized spacial score (nSPS) is 27.1. The predicted octanol–water partition coefficient (Wildman–Crippen LogP) is 2.89. The highest BCUT2D eigenvalue weighted by Crippen LogP contribution is 2.38. The smallest absolute Gasteiger partial charge is 0.315 e. The van der Waals surface area contributed by atoms with E-state index in [9.17, 15) is 4.79 Å². The lowest BCUT2D eigenvalue weighted by molar-refractivity contribution is -0.0684. The molecule has 0 aromatic heterocycles. The van der Waals surface area contributed by atoms with Gasteiger partial charge in [0.1, 0.15) is 0 Å². The molecule has 2 aliphatic heterocycles. The summed E-state index contributed by atoms with van der Waals surface area (Å²) in [7, 11) is 0. The quantitative estimate of drug-likeness (QED) is 0.890. The van der Waals surface area contributed by atoms with Crippen LogP contribution in [0.3, 0.4) is 0 Å². The standard InChI is InChI=1S/C18H26N2O2S/c1-14-2-4-15(5-3-14)6-9-19-17(21)20-16-7-10-22-18(12-16)8-11-23-13-18/h2-5,16H,6-13H2,1H3,(H2,19,20,21)/t16-,18-/m1/s1. The van der Waals surface area contributed by atoms with Crippen molar-refractivity contribution < 1.29 is 9.53 Å². The van der Waals surface area contributed by atoms with Crippen molar-refractivity contribution in [3.05, 3.63) is 35.4 Å². The number of aryl methyl sites for hydroxylation is 1. The average Bonchev–Trinajstić information content (AvgIpc) is 2.97. The van der Waals surface area contributed by atoms with Crippen LogP contribution in [0, 0.1) is 6.92 Å². The fraction of sp³-hybridized carbons (Fsp3) is 0.611. The highest BCUT2D eigenvalue weighted by molar-refractivity contribution is 7.99. The highest BCUT2D eigenvalue weighted by Gasteiger charge is 2.40. The third-order valence-electron chi connectivity index (χ3n) is 4.72. The summed E-state index contributed by atoms with van der Waals surface area (Å²) in [6.07, 6.45) is 3.84. The number of hydrogen-bond acceptors (Lipinski definition) is 3. The molecule has 1 aromatic carbocycles. The summed E-state index contributed by atoms with van der Waals surface area (Å²) in [5.74, 6) is 2.25. The fourth-order valence-corrected chi connectivity index (χ4v) is 4.70. The number of urea groups is 1. The molecule has 2 amide bonds. The van der Waals surface area contributed by atoms with Crippen molar-refractivity contribution in [3.63, 3.8) is 0 Å². The SMILES string of the molecule is Cc1ccc(CCNC(=O)N[C@@H]2CCO[C@]3(CCSC3)C2)cc1. The molecule has 2 heterocycles. The second kappa shape index (κ2) is 7.58. The van der Waals surface area contributed by atoms with E-state index in [2.05, 4.69) is 41.8 Å². The topological polar surface area (TPSA) is 50.4 Å². The van der Waals surface area contributed by atoms with Crippen molar-refractivity contribution in [2.24, 2.45) is 0 Å². The number of hydrogen-bond donors (Lipinski definition) is 2. The van der Waals surface area contributed by atoms with E-state index in [1.165, 1.54) is 16.9 Å². The lowest BCUT2D eigenvalue weighted by Gasteiger charge is -2.37. The highest BCUT2D eigenvalue weighted by atomic mass is 32.2. The summed E-state index contributed by atoms with van der Waals surface area (Å²) in [6, 6.07) is 8.64. The van der Waals surface area contributed by atoms with Gasteiger partial charge in [-0.1, -0.05) is 29.8 Å². The van der Waals surface area contributed by atoms with E-state index in [1.54, 1.807) is 0 Å². The Labute approximate surface area is 142 Å². The van der Waals surface area contributed by atoms with E-state index in [-0.39, 0.29) is 17.7 Å². The largest absolute Gasteiger partial charge is 0.374 e. The zero-order chi connectivity index (χ0) is 16.1. The van der Waals surface area contributed by atoms with Gasteiger partial charge in [0.2, 0.25) is 0 Å². The van der Waals surface area contributed by atoms with Crippen LogP contribution in [-0.2, 0) is 11.2 Å². The van der Waals surface area contributed by atoms with E-state index in [0.717, 1.165) is 38.0 Å². The first-order chi connectivity index (χ1) is 11.2. The first-order valence-electron chi connectivity index (χ1n) is 8.47. The Morgan fingerprint density at radius 1 is 1.39 bits per heavy atom.